The van der Waals surface area contributed by atoms with Crippen molar-refractivity contribution >= 4 is 26.1 Å². The maximum Gasteiger partial charge on any atom is 0.0944 e. The van der Waals surface area contributed by atoms with Crippen molar-refractivity contribution in [3.63, 3.8) is 0 Å². The number of fused-ring (bicyclic) bond motifs is 2. The molecule has 0 nitrogen and oxygen atoms in total. The molecule has 0 saturated heterocycles. The van der Waals surface area contributed by atoms with Crippen LogP contribution in [-0.4, -0.2) is 8.80 Å². The van der Waals surface area contributed by atoms with Crippen LogP contribution in [0.5, 0.6) is 0 Å². The van der Waals surface area contributed by atoms with Gasteiger partial charge < -0.3 is 0 Å². The lowest BCUT2D eigenvalue weighted by Gasteiger charge is -2.32. The molecule has 0 radical (unpaired) electrons. The van der Waals surface area contributed by atoms with E-state index in [-0.39, 0.29) is 0 Å². The second-order valence-corrected chi connectivity index (χ2v) is 15.0. The van der Waals surface area contributed by atoms with Crippen LogP contribution in [0.15, 0.2) is 139 Å². The molecule has 2 atom stereocenters. The summed E-state index contributed by atoms with van der Waals surface area (Å²) in [6, 6.07) is 47.7. The Hall–Kier alpha value is -4.20. The summed E-state index contributed by atoms with van der Waals surface area (Å²) in [6.07, 6.45) is 6.92. The van der Waals surface area contributed by atoms with Crippen LogP contribution in [0.2, 0.25) is 0 Å². The van der Waals surface area contributed by atoms with E-state index >= 15 is 0 Å². The van der Waals surface area contributed by atoms with E-state index in [1.807, 2.05) is 0 Å². The summed E-state index contributed by atoms with van der Waals surface area (Å²) in [6.45, 7) is 4.75. The maximum atomic E-state index is 2.48. The fraction of sp³-hybridized carbons (Fsp3) is 0.150. The van der Waals surface area contributed by atoms with Gasteiger partial charge in [0.05, 0.1) is 8.80 Å². The second kappa shape index (κ2) is 11.0. The summed E-state index contributed by atoms with van der Waals surface area (Å²) in [4.78, 5) is 0. The van der Waals surface area contributed by atoms with Crippen molar-refractivity contribution in [2.75, 3.05) is 0 Å². The standard InChI is InChI=1S/C40H36Si/c1-28-22-34-26-32(24-30-12-6-3-7-13-30)18-20-37(34)39(28)41(36-16-10-5-11-17-36)40-29(2)23-35-27-33(19-21-38(35)40)25-31-14-8-4-9-15-31/h3-23,26-27,39-41H,24-25H2,1-2H3. The smallest absolute Gasteiger partial charge is 0.0678 e. The summed E-state index contributed by atoms with van der Waals surface area (Å²) >= 11 is 0. The molecule has 0 N–H and O–H groups in total. The zero-order valence-corrected chi connectivity index (χ0v) is 25.1. The van der Waals surface area contributed by atoms with Crippen molar-refractivity contribution in [3.8, 4) is 0 Å². The summed E-state index contributed by atoms with van der Waals surface area (Å²) in [5.41, 5.74) is 15.5. The van der Waals surface area contributed by atoms with E-state index in [0.717, 1.165) is 12.8 Å². The number of rotatable bonds is 7. The van der Waals surface area contributed by atoms with Gasteiger partial charge in [0.25, 0.3) is 0 Å². The van der Waals surface area contributed by atoms with Gasteiger partial charge in [-0.15, -0.1) is 0 Å². The van der Waals surface area contributed by atoms with E-state index in [0.29, 0.717) is 11.1 Å². The lowest BCUT2D eigenvalue weighted by atomic mass is 10.00. The van der Waals surface area contributed by atoms with Gasteiger partial charge in [-0.05, 0) is 71.2 Å². The molecule has 7 rings (SSSR count). The van der Waals surface area contributed by atoms with Crippen LogP contribution in [0.4, 0.5) is 0 Å². The number of hydrogen-bond donors (Lipinski definition) is 0. The molecule has 2 aliphatic rings. The Labute approximate surface area is 246 Å². The quantitative estimate of drug-likeness (QED) is 0.180. The van der Waals surface area contributed by atoms with Gasteiger partial charge in [-0.3, -0.25) is 0 Å². The third-order valence-corrected chi connectivity index (χ3v) is 13.5. The molecular formula is C40H36Si. The maximum absolute atomic E-state index is 2.48. The molecule has 0 fully saturated rings. The molecule has 2 aliphatic carbocycles. The van der Waals surface area contributed by atoms with Gasteiger partial charge in [0.1, 0.15) is 0 Å². The molecule has 200 valence electrons. The first-order valence-corrected chi connectivity index (χ1v) is 16.8. The van der Waals surface area contributed by atoms with Crippen molar-refractivity contribution in [2.24, 2.45) is 0 Å². The molecular weight excluding hydrogens is 509 g/mol. The third kappa shape index (κ3) is 5.07. The highest BCUT2D eigenvalue weighted by molar-refractivity contribution is 6.77. The predicted octanol–water partition coefficient (Wildman–Crippen LogP) is 8.78. The molecule has 0 amide bonds. The van der Waals surface area contributed by atoms with Crippen molar-refractivity contribution in [1.29, 1.82) is 0 Å². The molecule has 5 aromatic rings. The van der Waals surface area contributed by atoms with Crippen LogP contribution < -0.4 is 5.19 Å². The van der Waals surface area contributed by atoms with Crippen LogP contribution in [0, 0.1) is 0 Å². The van der Waals surface area contributed by atoms with E-state index in [1.165, 1.54) is 55.7 Å². The van der Waals surface area contributed by atoms with E-state index in [4.69, 9.17) is 0 Å². The van der Waals surface area contributed by atoms with Gasteiger partial charge >= 0.3 is 0 Å². The van der Waals surface area contributed by atoms with Crippen LogP contribution in [0.3, 0.4) is 0 Å². The number of allylic oxidation sites excluding steroid dienone is 2. The topological polar surface area (TPSA) is 0 Å². The normalized spacial score (nSPS) is 17.9. The van der Waals surface area contributed by atoms with Gasteiger partial charge in [-0.25, -0.2) is 0 Å². The molecule has 0 bridgehead atoms. The van der Waals surface area contributed by atoms with Crippen LogP contribution in [0.25, 0.3) is 12.2 Å². The summed E-state index contributed by atoms with van der Waals surface area (Å²) in [5, 5.41) is 1.56. The van der Waals surface area contributed by atoms with E-state index < -0.39 is 8.80 Å². The van der Waals surface area contributed by atoms with Crippen molar-refractivity contribution in [1.82, 2.24) is 0 Å². The zero-order chi connectivity index (χ0) is 27.8. The van der Waals surface area contributed by atoms with Crippen LogP contribution in [-0.2, 0) is 12.8 Å². The SMILES string of the molecule is CC1=Cc2cc(Cc3ccccc3)ccc2C1[SiH](c1ccccc1)C1C(C)=Cc2cc(Cc3ccccc3)ccc21. The monoisotopic (exact) mass is 544 g/mol. The fourth-order valence-corrected chi connectivity index (χ4v) is 11.8. The Bertz CT molecular complexity index is 1630. The Morgan fingerprint density at radius 2 is 0.878 bits per heavy atom. The molecule has 0 aliphatic heterocycles. The first-order chi connectivity index (χ1) is 20.1. The summed E-state index contributed by atoms with van der Waals surface area (Å²) < 4.78 is 0. The first kappa shape index (κ1) is 25.7. The van der Waals surface area contributed by atoms with Crippen LogP contribution >= 0.6 is 0 Å². The minimum atomic E-state index is -1.59. The van der Waals surface area contributed by atoms with Gasteiger partial charge in [0, 0.05) is 11.1 Å². The molecule has 41 heavy (non-hydrogen) atoms. The van der Waals surface area contributed by atoms with Crippen molar-refractivity contribution < 1.29 is 0 Å². The third-order valence-electron chi connectivity index (χ3n) is 9.12. The average Bonchev–Trinajstić information content (AvgIpc) is 3.49. The van der Waals surface area contributed by atoms with Gasteiger partial charge in [0.15, 0.2) is 0 Å². The summed E-state index contributed by atoms with van der Waals surface area (Å²) in [5.74, 6) is 0. The van der Waals surface area contributed by atoms with E-state index in [2.05, 4.69) is 153 Å². The number of hydrogen-bond acceptors (Lipinski definition) is 0. The van der Waals surface area contributed by atoms with Gasteiger partial charge in [-0.1, -0.05) is 156 Å². The largest absolute Gasteiger partial charge is 0.0944 e. The average molecular weight is 545 g/mol. The van der Waals surface area contributed by atoms with Crippen LogP contribution in [0.1, 0.15) is 69.4 Å². The zero-order valence-electron chi connectivity index (χ0n) is 23.9. The lowest BCUT2D eigenvalue weighted by Crippen LogP contribution is -2.43. The molecule has 5 aromatic carbocycles. The highest BCUT2D eigenvalue weighted by Gasteiger charge is 2.41. The Morgan fingerprint density at radius 1 is 0.463 bits per heavy atom. The minimum absolute atomic E-state index is 0.487. The molecule has 0 heterocycles. The highest BCUT2D eigenvalue weighted by atomic mass is 28.3. The predicted molar refractivity (Wildman–Crippen MR) is 177 cm³/mol. The Morgan fingerprint density at radius 3 is 1.32 bits per heavy atom. The second-order valence-electron chi connectivity index (χ2n) is 11.9. The van der Waals surface area contributed by atoms with Crippen molar-refractivity contribution in [2.45, 2.75) is 37.8 Å². The summed E-state index contributed by atoms with van der Waals surface area (Å²) in [7, 11) is -1.59. The van der Waals surface area contributed by atoms with Crippen molar-refractivity contribution in [3.05, 3.63) is 183 Å². The molecule has 1 heteroatoms. The van der Waals surface area contributed by atoms with E-state index in [9.17, 15) is 0 Å². The first-order valence-electron chi connectivity index (χ1n) is 14.9. The number of benzene rings is 5. The molecule has 0 aromatic heterocycles. The molecule has 0 saturated carbocycles. The fourth-order valence-electron chi connectivity index (χ4n) is 7.31. The molecule has 0 spiro atoms. The minimum Gasteiger partial charge on any atom is -0.0678 e. The highest BCUT2D eigenvalue weighted by Crippen LogP contribution is 2.47. The van der Waals surface area contributed by atoms with Gasteiger partial charge in [0.2, 0.25) is 0 Å². The molecule has 2 unspecified atom stereocenters. The van der Waals surface area contributed by atoms with E-state index in [1.54, 1.807) is 5.19 Å². The Kier molecular flexibility index (Phi) is 6.90. The van der Waals surface area contributed by atoms with Gasteiger partial charge in [-0.2, -0.15) is 0 Å². The Balaban J connectivity index is 1.26. The lowest BCUT2D eigenvalue weighted by molar-refractivity contribution is 1.01.